The molecule has 0 saturated heterocycles. The lowest BCUT2D eigenvalue weighted by atomic mass is 10.1. The Morgan fingerprint density at radius 2 is 2.05 bits per heavy atom. The fraction of sp³-hybridized carbons (Fsp3) is 0.286. The molecule has 1 aromatic carbocycles. The van der Waals surface area contributed by atoms with Crippen molar-refractivity contribution in [3.63, 3.8) is 0 Å². The van der Waals surface area contributed by atoms with E-state index in [1.165, 1.54) is 0 Å². The summed E-state index contributed by atoms with van der Waals surface area (Å²) in [5.41, 5.74) is 2.10. The largest absolute Gasteiger partial charge is 0.347 e. The predicted molar refractivity (Wildman–Crippen MR) is 82.7 cm³/mol. The molecular weight excluding hydrogens is 299 g/mol. The second-order valence-corrected chi connectivity index (χ2v) is 5.62. The molecule has 0 aliphatic rings. The van der Waals surface area contributed by atoms with Crippen LogP contribution in [0.2, 0.25) is 10.0 Å². The molecule has 1 heterocycles. The Bertz CT molecular complexity index is 638. The standard InChI is InChI=1S/C14H14Cl2N2S/c1-2-3-11-8-14(19)18-13(17-11)6-9-4-5-10(15)7-12(9)16/h4-5,7-8H,2-3,6H2,1H3,(H,17,18,19). The fourth-order valence-electron chi connectivity index (χ4n) is 1.90. The molecule has 100 valence electrons. The van der Waals surface area contributed by atoms with E-state index in [2.05, 4.69) is 16.9 Å². The van der Waals surface area contributed by atoms with Gasteiger partial charge in [0.25, 0.3) is 0 Å². The molecular formula is C14H14Cl2N2S. The lowest BCUT2D eigenvalue weighted by Gasteiger charge is -2.07. The maximum atomic E-state index is 6.17. The highest BCUT2D eigenvalue weighted by molar-refractivity contribution is 7.71. The van der Waals surface area contributed by atoms with Gasteiger partial charge >= 0.3 is 0 Å². The van der Waals surface area contributed by atoms with Gasteiger partial charge < -0.3 is 4.98 Å². The van der Waals surface area contributed by atoms with E-state index >= 15 is 0 Å². The monoisotopic (exact) mass is 312 g/mol. The van der Waals surface area contributed by atoms with Crippen molar-refractivity contribution in [1.82, 2.24) is 9.97 Å². The minimum Gasteiger partial charge on any atom is -0.347 e. The van der Waals surface area contributed by atoms with E-state index in [-0.39, 0.29) is 0 Å². The highest BCUT2D eigenvalue weighted by Crippen LogP contribution is 2.22. The molecule has 0 atom stereocenters. The molecule has 0 aliphatic heterocycles. The van der Waals surface area contributed by atoms with Gasteiger partial charge in [0.15, 0.2) is 0 Å². The minimum absolute atomic E-state index is 0.613. The van der Waals surface area contributed by atoms with Crippen LogP contribution in [0.25, 0.3) is 0 Å². The van der Waals surface area contributed by atoms with Crippen molar-refractivity contribution in [3.8, 4) is 0 Å². The van der Waals surface area contributed by atoms with Gasteiger partial charge in [0.05, 0.1) is 0 Å². The van der Waals surface area contributed by atoms with Crippen molar-refractivity contribution in [2.24, 2.45) is 0 Å². The average molecular weight is 313 g/mol. The molecule has 2 rings (SSSR count). The number of halogens is 2. The first-order valence-corrected chi connectivity index (χ1v) is 7.28. The molecule has 0 aliphatic carbocycles. The van der Waals surface area contributed by atoms with Gasteiger partial charge in [-0.25, -0.2) is 4.98 Å². The smallest absolute Gasteiger partial charge is 0.130 e. The van der Waals surface area contributed by atoms with Crippen LogP contribution < -0.4 is 0 Å². The Morgan fingerprint density at radius 1 is 1.26 bits per heavy atom. The Labute approximate surface area is 127 Å². The van der Waals surface area contributed by atoms with Crippen LogP contribution in [0.3, 0.4) is 0 Å². The van der Waals surface area contributed by atoms with E-state index < -0.39 is 0 Å². The normalized spacial score (nSPS) is 10.7. The lowest BCUT2D eigenvalue weighted by Crippen LogP contribution is -2.01. The van der Waals surface area contributed by atoms with E-state index in [4.69, 9.17) is 35.4 Å². The summed E-state index contributed by atoms with van der Waals surface area (Å²) in [4.78, 5) is 7.65. The molecule has 1 aromatic heterocycles. The number of aryl methyl sites for hydroxylation is 1. The maximum absolute atomic E-state index is 6.17. The first kappa shape index (κ1) is 14.5. The Balaban J connectivity index is 2.30. The number of rotatable bonds is 4. The summed E-state index contributed by atoms with van der Waals surface area (Å²) in [5, 5.41) is 1.28. The number of hydrogen-bond donors (Lipinski definition) is 1. The van der Waals surface area contributed by atoms with Crippen molar-refractivity contribution < 1.29 is 0 Å². The van der Waals surface area contributed by atoms with Gasteiger partial charge in [0.2, 0.25) is 0 Å². The molecule has 2 aromatic rings. The van der Waals surface area contributed by atoms with E-state index in [0.717, 1.165) is 29.9 Å². The van der Waals surface area contributed by atoms with E-state index in [0.29, 0.717) is 21.1 Å². The van der Waals surface area contributed by atoms with Gasteiger partial charge in [0.1, 0.15) is 10.5 Å². The Kier molecular flexibility index (Phi) is 4.97. The maximum Gasteiger partial charge on any atom is 0.130 e. The summed E-state index contributed by atoms with van der Waals surface area (Å²) < 4.78 is 0.613. The molecule has 0 amide bonds. The molecule has 1 N–H and O–H groups in total. The number of nitrogens with zero attached hydrogens (tertiary/aromatic N) is 1. The molecule has 0 unspecified atom stereocenters. The summed E-state index contributed by atoms with van der Waals surface area (Å²) >= 11 is 17.2. The van der Waals surface area contributed by atoms with Crippen molar-refractivity contribution >= 4 is 35.4 Å². The van der Waals surface area contributed by atoms with Crippen molar-refractivity contribution in [3.05, 3.63) is 56.0 Å². The Hall–Kier alpha value is -0.900. The number of nitrogens with one attached hydrogen (secondary N) is 1. The third-order valence-corrected chi connectivity index (χ3v) is 3.54. The van der Waals surface area contributed by atoms with Crippen LogP contribution in [0.4, 0.5) is 0 Å². The zero-order chi connectivity index (χ0) is 13.8. The summed E-state index contributed by atoms with van der Waals surface area (Å²) in [7, 11) is 0. The first-order valence-electron chi connectivity index (χ1n) is 6.11. The highest BCUT2D eigenvalue weighted by atomic mass is 35.5. The summed E-state index contributed by atoms with van der Waals surface area (Å²) in [6, 6.07) is 7.39. The van der Waals surface area contributed by atoms with Crippen LogP contribution in [-0.4, -0.2) is 9.97 Å². The summed E-state index contributed by atoms with van der Waals surface area (Å²) in [6.07, 6.45) is 2.65. The fourth-order valence-corrected chi connectivity index (χ4v) is 2.62. The highest BCUT2D eigenvalue weighted by Gasteiger charge is 2.05. The second kappa shape index (κ2) is 6.51. The summed E-state index contributed by atoms with van der Waals surface area (Å²) in [6.45, 7) is 2.13. The third kappa shape index (κ3) is 4.03. The van der Waals surface area contributed by atoms with Crippen LogP contribution in [-0.2, 0) is 12.8 Å². The zero-order valence-corrected chi connectivity index (χ0v) is 12.9. The second-order valence-electron chi connectivity index (χ2n) is 4.35. The van der Waals surface area contributed by atoms with Gasteiger partial charge in [-0.05, 0) is 30.2 Å². The summed E-state index contributed by atoms with van der Waals surface area (Å²) in [5.74, 6) is 0.833. The van der Waals surface area contributed by atoms with Crippen LogP contribution in [0.1, 0.15) is 30.4 Å². The SMILES string of the molecule is CCCc1cc(=S)nc(Cc2ccc(Cl)cc2Cl)[nH]1. The van der Waals surface area contributed by atoms with Gasteiger partial charge in [0, 0.05) is 22.2 Å². The van der Waals surface area contributed by atoms with Crippen LogP contribution in [0, 0.1) is 4.64 Å². The molecule has 0 bridgehead atoms. The molecule has 0 radical (unpaired) electrons. The van der Waals surface area contributed by atoms with Gasteiger partial charge in [-0.1, -0.05) is 54.8 Å². The minimum atomic E-state index is 0.613. The molecule has 19 heavy (non-hydrogen) atoms. The molecule has 2 nitrogen and oxygen atoms in total. The van der Waals surface area contributed by atoms with Gasteiger partial charge in [-0.2, -0.15) is 0 Å². The number of aromatic amines is 1. The van der Waals surface area contributed by atoms with Crippen molar-refractivity contribution in [1.29, 1.82) is 0 Å². The predicted octanol–water partition coefficient (Wildman–Crippen LogP) is 4.99. The van der Waals surface area contributed by atoms with E-state index in [1.54, 1.807) is 6.07 Å². The molecule has 0 saturated carbocycles. The topological polar surface area (TPSA) is 28.7 Å². The zero-order valence-electron chi connectivity index (χ0n) is 10.5. The Morgan fingerprint density at radius 3 is 2.74 bits per heavy atom. The van der Waals surface area contributed by atoms with Crippen LogP contribution >= 0.6 is 35.4 Å². The first-order chi connectivity index (χ1) is 9.08. The third-order valence-electron chi connectivity index (χ3n) is 2.74. The number of aromatic nitrogens is 2. The van der Waals surface area contributed by atoms with E-state index in [1.807, 2.05) is 18.2 Å². The van der Waals surface area contributed by atoms with Gasteiger partial charge in [-0.3, -0.25) is 0 Å². The number of hydrogen-bond acceptors (Lipinski definition) is 2. The van der Waals surface area contributed by atoms with E-state index in [9.17, 15) is 0 Å². The average Bonchev–Trinajstić information content (AvgIpc) is 2.32. The number of H-pyrrole nitrogens is 1. The molecule has 5 heteroatoms. The van der Waals surface area contributed by atoms with Crippen LogP contribution in [0.5, 0.6) is 0 Å². The quantitative estimate of drug-likeness (QED) is 0.806. The van der Waals surface area contributed by atoms with Crippen LogP contribution in [0.15, 0.2) is 24.3 Å². The number of benzene rings is 1. The molecule has 0 spiro atoms. The lowest BCUT2D eigenvalue weighted by molar-refractivity contribution is 0.838. The molecule has 0 fully saturated rings. The van der Waals surface area contributed by atoms with Crippen molar-refractivity contribution in [2.45, 2.75) is 26.2 Å². The van der Waals surface area contributed by atoms with Gasteiger partial charge in [-0.15, -0.1) is 0 Å². The van der Waals surface area contributed by atoms with Crippen molar-refractivity contribution in [2.75, 3.05) is 0 Å².